The van der Waals surface area contributed by atoms with E-state index in [1.165, 1.54) is 11.8 Å². The molecule has 2 aliphatic rings. The number of nitrogens with one attached hydrogen (secondary N) is 1. The minimum Gasteiger partial charge on any atom is -0.333 e. The van der Waals surface area contributed by atoms with Gasteiger partial charge in [0.1, 0.15) is 16.7 Å². The molecule has 0 aliphatic carbocycles. The van der Waals surface area contributed by atoms with Crippen LogP contribution in [0.3, 0.4) is 0 Å². The van der Waals surface area contributed by atoms with Gasteiger partial charge in [-0.25, -0.2) is 9.99 Å². The van der Waals surface area contributed by atoms with Crippen LogP contribution in [0.5, 0.6) is 0 Å². The van der Waals surface area contributed by atoms with Gasteiger partial charge in [0.05, 0.1) is 21.3 Å². The van der Waals surface area contributed by atoms with Crippen molar-refractivity contribution in [3.05, 3.63) is 76.1 Å². The van der Waals surface area contributed by atoms with Crippen LogP contribution in [0.1, 0.15) is 5.56 Å². The van der Waals surface area contributed by atoms with Crippen LogP contribution in [0.4, 0.5) is 0 Å². The standard InChI is InChI=1S/C18H12Cl2N4OS/c19-11-4-3-5-12(20)16(11)17-13-7-8-15(23-24(13)10-22-18(17)25)26-14-6-1-2-9-21-14/h1-9H,10H2,(H,22,25). The summed E-state index contributed by atoms with van der Waals surface area (Å²) in [6.07, 6.45) is 5.44. The Morgan fingerprint density at radius 2 is 1.88 bits per heavy atom. The molecule has 8 heteroatoms. The van der Waals surface area contributed by atoms with Gasteiger partial charge >= 0.3 is 0 Å². The number of fused-ring (bicyclic) bond motifs is 1. The van der Waals surface area contributed by atoms with Gasteiger partial charge in [0, 0.05) is 11.8 Å². The summed E-state index contributed by atoms with van der Waals surface area (Å²) in [5.41, 5.74) is 1.58. The van der Waals surface area contributed by atoms with Gasteiger partial charge in [-0.1, -0.05) is 35.3 Å². The Balaban J connectivity index is 1.73. The summed E-state index contributed by atoms with van der Waals surface area (Å²) in [6, 6.07) is 10.9. The molecule has 0 fully saturated rings. The molecule has 0 radical (unpaired) electrons. The molecule has 0 atom stereocenters. The Hall–Kier alpha value is -2.28. The maximum absolute atomic E-state index is 12.5. The van der Waals surface area contributed by atoms with Crippen LogP contribution in [-0.4, -0.2) is 27.6 Å². The summed E-state index contributed by atoms with van der Waals surface area (Å²) in [7, 11) is 0. The second-order valence-electron chi connectivity index (χ2n) is 5.46. The maximum Gasteiger partial charge on any atom is 0.255 e. The molecule has 2 aliphatic heterocycles. The fourth-order valence-corrected chi connectivity index (χ4v) is 4.01. The molecule has 4 rings (SSSR count). The van der Waals surface area contributed by atoms with E-state index in [9.17, 15) is 4.79 Å². The molecule has 5 nitrogen and oxygen atoms in total. The molecular weight excluding hydrogens is 391 g/mol. The lowest BCUT2D eigenvalue weighted by atomic mass is 10.0. The molecule has 26 heavy (non-hydrogen) atoms. The van der Waals surface area contributed by atoms with E-state index in [1.807, 2.05) is 30.4 Å². The number of hydrazone groups is 1. The van der Waals surface area contributed by atoms with Crippen LogP contribution in [0.2, 0.25) is 10.0 Å². The highest BCUT2D eigenvalue weighted by molar-refractivity contribution is 8.14. The Morgan fingerprint density at radius 3 is 2.62 bits per heavy atom. The minimum atomic E-state index is -0.230. The number of amides is 1. The molecule has 2 aromatic rings. The number of carbonyl (C=O) groups is 1. The fourth-order valence-electron chi connectivity index (χ4n) is 2.67. The van der Waals surface area contributed by atoms with Crippen LogP contribution in [-0.2, 0) is 4.79 Å². The van der Waals surface area contributed by atoms with Crippen molar-refractivity contribution in [1.82, 2.24) is 15.3 Å². The third kappa shape index (κ3) is 3.23. The highest BCUT2D eigenvalue weighted by Crippen LogP contribution is 2.37. The predicted molar refractivity (Wildman–Crippen MR) is 105 cm³/mol. The van der Waals surface area contributed by atoms with Crippen molar-refractivity contribution in [2.24, 2.45) is 5.10 Å². The van der Waals surface area contributed by atoms with Gasteiger partial charge in [-0.15, -0.1) is 0 Å². The van der Waals surface area contributed by atoms with E-state index in [2.05, 4.69) is 15.4 Å². The number of halogens is 2. The zero-order chi connectivity index (χ0) is 18.1. The largest absolute Gasteiger partial charge is 0.333 e. The van der Waals surface area contributed by atoms with Crippen LogP contribution in [0.25, 0.3) is 5.57 Å². The molecule has 130 valence electrons. The van der Waals surface area contributed by atoms with Crippen molar-refractivity contribution in [3.8, 4) is 0 Å². The van der Waals surface area contributed by atoms with Gasteiger partial charge < -0.3 is 5.32 Å². The van der Waals surface area contributed by atoms with Gasteiger partial charge in [0.15, 0.2) is 0 Å². The lowest BCUT2D eigenvalue weighted by Gasteiger charge is -2.31. The first-order valence-corrected chi connectivity index (χ1v) is 9.30. The number of rotatable bonds is 2. The Morgan fingerprint density at radius 1 is 1.08 bits per heavy atom. The number of nitrogens with zero attached hydrogens (tertiary/aromatic N) is 3. The lowest BCUT2D eigenvalue weighted by Crippen LogP contribution is -2.42. The molecule has 1 amide bonds. The average molecular weight is 403 g/mol. The monoisotopic (exact) mass is 402 g/mol. The van der Waals surface area contributed by atoms with Crippen molar-refractivity contribution < 1.29 is 4.79 Å². The first-order valence-electron chi connectivity index (χ1n) is 7.73. The number of thioether (sulfide) groups is 1. The van der Waals surface area contributed by atoms with Crippen molar-refractivity contribution in [1.29, 1.82) is 0 Å². The summed E-state index contributed by atoms with van der Waals surface area (Å²) in [4.78, 5) is 16.8. The topological polar surface area (TPSA) is 57.6 Å². The second-order valence-corrected chi connectivity index (χ2v) is 7.32. The average Bonchev–Trinajstić information content (AvgIpc) is 2.64. The minimum absolute atomic E-state index is 0.230. The van der Waals surface area contributed by atoms with E-state index >= 15 is 0 Å². The lowest BCUT2D eigenvalue weighted by molar-refractivity contribution is -0.116. The van der Waals surface area contributed by atoms with E-state index in [-0.39, 0.29) is 12.6 Å². The van der Waals surface area contributed by atoms with Gasteiger partial charge in [0.25, 0.3) is 5.91 Å². The van der Waals surface area contributed by atoms with E-state index < -0.39 is 0 Å². The highest BCUT2D eigenvalue weighted by Gasteiger charge is 2.30. The number of aromatic nitrogens is 1. The number of hydrogen-bond donors (Lipinski definition) is 1. The predicted octanol–water partition coefficient (Wildman–Crippen LogP) is 4.16. The van der Waals surface area contributed by atoms with Crippen molar-refractivity contribution >= 4 is 51.5 Å². The number of hydrogen-bond acceptors (Lipinski definition) is 5. The first-order chi connectivity index (χ1) is 12.6. The SMILES string of the molecule is O=C1NCN2N=C(Sc3ccccn3)C=CC2=C1c1c(Cl)cccc1Cl. The van der Waals surface area contributed by atoms with Crippen LogP contribution in [0.15, 0.2) is 70.6 Å². The van der Waals surface area contributed by atoms with Gasteiger partial charge in [-0.05, 0) is 48.2 Å². The summed E-state index contributed by atoms with van der Waals surface area (Å²) in [6.45, 7) is 0.274. The van der Waals surface area contributed by atoms with Crippen molar-refractivity contribution in [3.63, 3.8) is 0 Å². The number of allylic oxidation sites excluding steroid dienone is 1. The summed E-state index contributed by atoms with van der Waals surface area (Å²) < 4.78 is 0. The van der Waals surface area contributed by atoms with Gasteiger partial charge in [-0.3, -0.25) is 4.79 Å². The number of pyridine rings is 1. The highest BCUT2D eigenvalue weighted by atomic mass is 35.5. The zero-order valence-corrected chi connectivity index (χ0v) is 15.6. The quantitative estimate of drug-likeness (QED) is 0.818. The van der Waals surface area contributed by atoms with Crippen LogP contribution in [0, 0.1) is 0 Å². The molecule has 0 spiro atoms. The van der Waals surface area contributed by atoms with Gasteiger partial charge in [0.2, 0.25) is 0 Å². The third-order valence-electron chi connectivity index (χ3n) is 3.81. The van der Waals surface area contributed by atoms with Crippen molar-refractivity contribution in [2.75, 3.05) is 6.67 Å². The summed E-state index contributed by atoms with van der Waals surface area (Å²) in [5, 5.41) is 11.6. The molecule has 1 N–H and O–H groups in total. The molecular formula is C18H12Cl2N4OS. The smallest absolute Gasteiger partial charge is 0.255 e. The van der Waals surface area contributed by atoms with Gasteiger partial charge in [-0.2, -0.15) is 5.10 Å². The third-order valence-corrected chi connectivity index (χ3v) is 5.32. The zero-order valence-electron chi connectivity index (χ0n) is 13.3. The van der Waals surface area contributed by atoms with E-state index in [0.29, 0.717) is 26.9 Å². The Labute approximate surface area is 164 Å². The van der Waals surface area contributed by atoms with E-state index in [4.69, 9.17) is 23.2 Å². The number of benzene rings is 1. The molecule has 0 saturated carbocycles. The summed E-state index contributed by atoms with van der Waals surface area (Å²) in [5.74, 6) is -0.230. The summed E-state index contributed by atoms with van der Waals surface area (Å²) >= 11 is 14.1. The molecule has 0 bridgehead atoms. The van der Waals surface area contributed by atoms with E-state index in [1.54, 1.807) is 29.4 Å². The molecule has 0 unspecified atom stereocenters. The van der Waals surface area contributed by atoms with Crippen LogP contribution < -0.4 is 5.32 Å². The number of carbonyl (C=O) groups excluding carboxylic acids is 1. The first kappa shape index (κ1) is 17.1. The van der Waals surface area contributed by atoms with E-state index in [0.717, 1.165) is 10.1 Å². The molecule has 3 heterocycles. The molecule has 1 aromatic heterocycles. The molecule has 1 aromatic carbocycles. The molecule has 0 saturated heterocycles. The van der Waals surface area contributed by atoms with Crippen molar-refractivity contribution in [2.45, 2.75) is 5.03 Å². The Kier molecular flexibility index (Phi) is 4.72. The second kappa shape index (κ2) is 7.15. The van der Waals surface area contributed by atoms with Crippen LogP contribution >= 0.6 is 35.0 Å². The normalized spacial score (nSPS) is 16.3. The Bertz CT molecular complexity index is 952. The maximum atomic E-state index is 12.5. The fraction of sp³-hybridized carbons (Fsp3) is 0.0556.